The fraction of sp³-hybridized carbons (Fsp3) is 0.357. The predicted molar refractivity (Wildman–Crippen MR) is 70.8 cm³/mol. The van der Waals surface area contributed by atoms with Gasteiger partial charge in [0.1, 0.15) is 0 Å². The lowest BCUT2D eigenvalue weighted by molar-refractivity contribution is 0.585. The summed E-state index contributed by atoms with van der Waals surface area (Å²) in [5, 5.41) is 0. The fourth-order valence-corrected chi connectivity index (χ4v) is 1.37. The molecule has 0 aliphatic heterocycles. The van der Waals surface area contributed by atoms with Crippen molar-refractivity contribution in [1.82, 2.24) is 0 Å². The molecule has 0 saturated heterocycles. The number of benzene rings is 1. The van der Waals surface area contributed by atoms with Crippen LogP contribution in [-0.2, 0) is 0 Å². The lowest BCUT2D eigenvalue weighted by atomic mass is 10.1. The first-order chi connectivity index (χ1) is 7.42. The molecular weight excluding hydrogens is 196 g/mol. The molecule has 0 aliphatic carbocycles. The van der Waals surface area contributed by atoms with E-state index in [9.17, 15) is 0 Å². The van der Waals surface area contributed by atoms with Crippen molar-refractivity contribution in [1.29, 1.82) is 0 Å². The molecule has 0 unspecified atom stereocenters. The number of aryl methyl sites for hydroxylation is 1. The molecule has 0 fully saturated rings. The summed E-state index contributed by atoms with van der Waals surface area (Å²) in [7, 11) is 0. The van der Waals surface area contributed by atoms with Gasteiger partial charge in [-0.2, -0.15) is 0 Å². The van der Waals surface area contributed by atoms with Crippen LogP contribution >= 0.6 is 0 Å². The molecule has 0 atom stereocenters. The molecule has 2 heteroatoms. The molecule has 2 nitrogen and oxygen atoms in total. The van der Waals surface area contributed by atoms with E-state index in [1.54, 1.807) is 0 Å². The van der Waals surface area contributed by atoms with Crippen LogP contribution in [0.25, 0.3) is 0 Å². The van der Waals surface area contributed by atoms with E-state index in [0.717, 1.165) is 11.3 Å². The van der Waals surface area contributed by atoms with E-state index >= 15 is 0 Å². The molecule has 0 amide bonds. The zero-order valence-electron chi connectivity index (χ0n) is 10.5. The van der Waals surface area contributed by atoms with Crippen LogP contribution in [0.2, 0.25) is 0 Å². The third-order valence-electron chi connectivity index (χ3n) is 2.06. The third-order valence-corrected chi connectivity index (χ3v) is 2.06. The largest absolute Gasteiger partial charge is 0.405 e. The molecule has 1 aromatic carbocycles. The molecule has 0 aromatic heterocycles. The second-order valence-corrected chi connectivity index (χ2v) is 4.89. The molecule has 0 aliphatic rings. The number of hydrogen-bond donors (Lipinski definition) is 1. The van der Waals surface area contributed by atoms with Gasteiger partial charge >= 0.3 is 0 Å². The number of rotatable bonds is 2. The first kappa shape index (κ1) is 12.5. The van der Waals surface area contributed by atoms with E-state index in [0.29, 0.717) is 0 Å². The van der Waals surface area contributed by atoms with Crippen LogP contribution in [-0.4, -0.2) is 11.3 Å². The van der Waals surface area contributed by atoms with Gasteiger partial charge in [0.25, 0.3) is 0 Å². The Labute approximate surface area is 97.9 Å². The first-order valence-corrected chi connectivity index (χ1v) is 5.47. The Kier molecular flexibility index (Phi) is 3.88. The SMILES string of the molecule is Cc1ccc(C(C=CN)=NC(C)(C)C)cc1. The highest BCUT2D eigenvalue weighted by Crippen LogP contribution is 2.12. The standard InChI is InChI=1S/C14H20N2/c1-11-5-7-12(8-6-11)13(9-10-15)16-14(2,3)4/h5-10H,15H2,1-4H3. The van der Waals surface area contributed by atoms with Crippen LogP contribution in [0, 0.1) is 6.92 Å². The van der Waals surface area contributed by atoms with E-state index in [-0.39, 0.29) is 5.54 Å². The van der Waals surface area contributed by atoms with Crippen molar-refractivity contribution in [2.24, 2.45) is 10.7 Å². The predicted octanol–water partition coefficient (Wildman–Crippen LogP) is 3.06. The van der Waals surface area contributed by atoms with Gasteiger partial charge in [-0.05, 0) is 45.5 Å². The Balaban J connectivity index is 3.13. The maximum absolute atomic E-state index is 5.45. The highest BCUT2D eigenvalue weighted by molar-refractivity contribution is 6.08. The van der Waals surface area contributed by atoms with Crippen LogP contribution in [0.5, 0.6) is 0 Å². The quantitative estimate of drug-likeness (QED) is 0.758. The molecule has 0 bridgehead atoms. The maximum Gasteiger partial charge on any atom is 0.0667 e. The van der Waals surface area contributed by atoms with Crippen molar-refractivity contribution in [3.63, 3.8) is 0 Å². The van der Waals surface area contributed by atoms with Crippen molar-refractivity contribution >= 4 is 5.71 Å². The molecular formula is C14H20N2. The summed E-state index contributed by atoms with van der Waals surface area (Å²) in [6, 6.07) is 8.30. The molecule has 1 rings (SSSR count). The van der Waals surface area contributed by atoms with Crippen molar-refractivity contribution in [2.75, 3.05) is 0 Å². The number of hydrogen-bond acceptors (Lipinski definition) is 2. The van der Waals surface area contributed by atoms with Crippen LogP contribution in [0.4, 0.5) is 0 Å². The van der Waals surface area contributed by atoms with E-state index in [4.69, 9.17) is 5.73 Å². The summed E-state index contributed by atoms with van der Waals surface area (Å²) < 4.78 is 0. The molecule has 0 saturated carbocycles. The normalized spacial score (nSPS) is 13.4. The number of allylic oxidation sites excluding steroid dienone is 1. The van der Waals surface area contributed by atoms with E-state index in [1.165, 1.54) is 11.8 Å². The topological polar surface area (TPSA) is 38.4 Å². The van der Waals surface area contributed by atoms with Gasteiger partial charge in [-0.3, -0.25) is 4.99 Å². The summed E-state index contributed by atoms with van der Waals surface area (Å²) in [4.78, 5) is 4.65. The molecule has 2 N–H and O–H groups in total. The Morgan fingerprint density at radius 3 is 2.19 bits per heavy atom. The third kappa shape index (κ3) is 3.89. The van der Waals surface area contributed by atoms with E-state index in [2.05, 4.69) is 57.0 Å². The molecule has 0 radical (unpaired) electrons. The molecule has 0 spiro atoms. The second-order valence-electron chi connectivity index (χ2n) is 4.89. The van der Waals surface area contributed by atoms with E-state index in [1.807, 2.05) is 6.08 Å². The van der Waals surface area contributed by atoms with Gasteiger partial charge in [0.05, 0.1) is 11.3 Å². The summed E-state index contributed by atoms with van der Waals surface area (Å²) >= 11 is 0. The highest BCUT2D eigenvalue weighted by Gasteiger charge is 2.09. The molecule has 16 heavy (non-hydrogen) atoms. The zero-order chi connectivity index (χ0) is 12.2. The van der Waals surface area contributed by atoms with Gasteiger partial charge in [0.15, 0.2) is 0 Å². The Morgan fingerprint density at radius 2 is 1.75 bits per heavy atom. The summed E-state index contributed by atoms with van der Waals surface area (Å²) in [5.74, 6) is 0. The van der Waals surface area contributed by atoms with Crippen molar-refractivity contribution in [3.05, 3.63) is 47.7 Å². The molecule has 0 heterocycles. The van der Waals surface area contributed by atoms with Gasteiger partial charge in [-0.1, -0.05) is 29.8 Å². The average Bonchev–Trinajstić information content (AvgIpc) is 2.16. The smallest absolute Gasteiger partial charge is 0.0667 e. The lowest BCUT2D eigenvalue weighted by Crippen LogP contribution is -2.14. The van der Waals surface area contributed by atoms with Gasteiger partial charge < -0.3 is 5.73 Å². The number of nitrogens with two attached hydrogens (primary N) is 1. The minimum absolute atomic E-state index is 0.0975. The van der Waals surface area contributed by atoms with Gasteiger partial charge in [-0.25, -0.2) is 0 Å². The van der Waals surface area contributed by atoms with Crippen molar-refractivity contribution in [2.45, 2.75) is 33.2 Å². The summed E-state index contributed by atoms with van der Waals surface area (Å²) in [6.07, 6.45) is 3.38. The summed E-state index contributed by atoms with van der Waals surface area (Å²) in [6.45, 7) is 8.30. The summed E-state index contributed by atoms with van der Waals surface area (Å²) in [5.41, 5.74) is 8.63. The van der Waals surface area contributed by atoms with Crippen LogP contribution in [0.3, 0.4) is 0 Å². The highest BCUT2D eigenvalue weighted by atomic mass is 14.8. The van der Waals surface area contributed by atoms with Crippen molar-refractivity contribution < 1.29 is 0 Å². The number of nitrogens with zero attached hydrogens (tertiary/aromatic N) is 1. The van der Waals surface area contributed by atoms with E-state index < -0.39 is 0 Å². The first-order valence-electron chi connectivity index (χ1n) is 5.47. The van der Waals surface area contributed by atoms with Crippen LogP contribution < -0.4 is 5.73 Å². The van der Waals surface area contributed by atoms with Gasteiger partial charge in [0.2, 0.25) is 0 Å². The average molecular weight is 216 g/mol. The monoisotopic (exact) mass is 216 g/mol. The Bertz CT molecular complexity index is 392. The van der Waals surface area contributed by atoms with Crippen molar-refractivity contribution in [3.8, 4) is 0 Å². The fourth-order valence-electron chi connectivity index (χ4n) is 1.37. The van der Waals surface area contributed by atoms with Gasteiger partial charge in [-0.15, -0.1) is 0 Å². The minimum Gasteiger partial charge on any atom is -0.405 e. The Morgan fingerprint density at radius 1 is 1.19 bits per heavy atom. The molecule has 1 aromatic rings. The number of aliphatic imine (C=N–C) groups is 1. The van der Waals surface area contributed by atoms with Crippen LogP contribution in [0.1, 0.15) is 31.9 Å². The maximum atomic E-state index is 5.45. The minimum atomic E-state index is -0.0975. The van der Waals surface area contributed by atoms with Gasteiger partial charge in [0, 0.05) is 0 Å². The van der Waals surface area contributed by atoms with Crippen LogP contribution in [0.15, 0.2) is 41.5 Å². The molecule has 86 valence electrons. The Hall–Kier alpha value is -1.57. The zero-order valence-corrected chi connectivity index (χ0v) is 10.5. The second kappa shape index (κ2) is 4.97. The lowest BCUT2D eigenvalue weighted by Gasteiger charge is -2.14.